The fraction of sp³-hybridized carbons (Fsp3) is 0.684. The van der Waals surface area contributed by atoms with Crippen molar-refractivity contribution in [3.63, 3.8) is 0 Å². The lowest BCUT2D eigenvalue weighted by atomic mass is 9.75. The van der Waals surface area contributed by atoms with Gasteiger partial charge in [0.15, 0.2) is 0 Å². The van der Waals surface area contributed by atoms with Crippen LogP contribution in [0, 0.1) is 11.3 Å². The van der Waals surface area contributed by atoms with Crippen LogP contribution in [-0.2, 0) is 0 Å². The molecule has 0 spiro atoms. The Kier molecular flexibility index (Phi) is 4.37. The van der Waals surface area contributed by atoms with Gasteiger partial charge in [-0.2, -0.15) is 0 Å². The largest absolute Gasteiger partial charge is 0.330 e. The van der Waals surface area contributed by atoms with Crippen molar-refractivity contribution >= 4 is 0 Å². The third-order valence-electron chi connectivity index (χ3n) is 5.71. The summed E-state index contributed by atoms with van der Waals surface area (Å²) in [4.78, 5) is 2.74. The van der Waals surface area contributed by atoms with Crippen LogP contribution in [0.25, 0.3) is 0 Å². The lowest BCUT2D eigenvalue weighted by Gasteiger charge is -2.41. The molecule has 2 heteroatoms. The van der Waals surface area contributed by atoms with Crippen LogP contribution in [0.2, 0.25) is 0 Å². The van der Waals surface area contributed by atoms with E-state index in [1.807, 2.05) is 0 Å². The van der Waals surface area contributed by atoms with Crippen molar-refractivity contribution in [2.75, 3.05) is 19.6 Å². The van der Waals surface area contributed by atoms with E-state index in [1.54, 1.807) is 0 Å². The van der Waals surface area contributed by atoms with Crippen molar-refractivity contribution in [2.45, 2.75) is 51.5 Å². The summed E-state index contributed by atoms with van der Waals surface area (Å²) < 4.78 is 0. The van der Waals surface area contributed by atoms with E-state index in [4.69, 9.17) is 5.73 Å². The summed E-state index contributed by atoms with van der Waals surface area (Å²) in [6, 6.07) is 11.8. The summed E-state index contributed by atoms with van der Waals surface area (Å²) in [5.74, 6) is 1.42. The first-order valence-corrected chi connectivity index (χ1v) is 8.58. The minimum Gasteiger partial charge on any atom is -0.330 e. The maximum absolute atomic E-state index is 6.09. The van der Waals surface area contributed by atoms with E-state index < -0.39 is 0 Å². The Labute approximate surface area is 129 Å². The van der Waals surface area contributed by atoms with E-state index in [0.29, 0.717) is 17.4 Å². The monoisotopic (exact) mass is 286 g/mol. The molecule has 2 fully saturated rings. The first-order chi connectivity index (χ1) is 10.1. The van der Waals surface area contributed by atoms with Crippen molar-refractivity contribution in [2.24, 2.45) is 17.1 Å². The van der Waals surface area contributed by atoms with Crippen LogP contribution in [-0.4, -0.2) is 30.6 Å². The van der Waals surface area contributed by atoms with Gasteiger partial charge in [0.25, 0.3) is 0 Å². The molecule has 3 atom stereocenters. The van der Waals surface area contributed by atoms with Gasteiger partial charge < -0.3 is 5.73 Å². The second-order valence-electron chi connectivity index (χ2n) is 7.87. The molecular weight excluding hydrogens is 256 g/mol. The second kappa shape index (κ2) is 6.10. The highest BCUT2D eigenvalue weighted by molar-refractivity contribution is 5.20. The molecule has 2 N–H and O–H groups in total. The molecule has 0 amide bonds. The Morgan fingerprint density at radius 3 is 2.57 bits per heavy atom. The van der Waals surface area contributed by atoms with Crippen molar-refractivity contribution in [1.82, 2.24) is 4.90 Å². The topological polar surface area (TPSA) is 29.3 Å². The van der Waals surface area contributed by atoms with Crippen molar-refractivity contribution in [3.05, 3.63) is 35.9 Å². The predicted molar refractivity (Wildman–Crippen MR) is 89.3 cm³/mol. The molecule has 1 aromatic rings. The summed E-state index contributed by atoms with van der Waals surface area (Å²) in [6.07, 6.45) is 5.22. The zero-order valence-corrected chi connectivity index (χ0v) is 13.6. The van der Waals surface area contributed by atoms with E-state index in [9.17, 15) is 0 Å². The third kappa shape index (κ3) is 3.32. The Morgan fingerprint density at radius 2 is 1.95 bits per heavy atom. The fourth-order valence-electron chi connectivity index (χ4n) is 4.40. The molecule has 116 valence electrons. The smallest absolute Gasteiger partial charge is 0.0142 e. The zero-order chi connectivity index (χ0) is 14.9. The molecule has 1 heterocycles. The van der Waals surface area contributed by atoms with Gasteiger partial charge in [-0.3, -0.25) is 4.90 Å². The van der Waals surface area contributed by atoms with E-state index in [-0.39, 0.29) is 0 Å². The quantitative estimate of drug-likeness (QED) is 0.919. The van der Waals surface area contributed by atoms with Crippen LogP contribution >= 0.6 is 0 Å². The lowest BCUT2D eigenvalue weighted by Crippen LogP contribution is -2.46. The molecule has 1 saturated heterocycles. The van der Waals surface area contributed by atoms with Crippen molar-refractivity contribution in [3.8, 4) is 0 Å². The van der Waals surface area contributed by atoms with Crippen LogP contribution in [0.5, 0.6) is 0 Å². The van der Waals surface area contributed by atoms with Crippen LogP contribution in [0.1, 0.15) is 51.0 Å². The van der Waals surface area contributed by atoms with Crippen molar-refractivity contribution in [1.29, 1.82) is 0 Å². The van der Waals surface area contributed by atoms with E-state index in [2.05, 4.69) is 49.1 Å². The van der Waals surface area contributed by atoms with E-state index >= 15 is 0 Å². The van der Waals surface area contributed by atoms with Gasteiger partial charge in [-0.15, -0.1) is 0 Å². The molecule has 0 bridgehead atoms. The highest BCUT2D eigenvalue weighted by Gasteiger charge is 2.39. The van der Waals surface area contributed by atoms with Gasteiger partial charge in [0, 0.05) is 12.6 Å². The predicted octanol–water partition coefficient (Wildman–Crippen LogP) is 3.63. The van der Waals surface area contributed by atoms with Gasteiger partial charge in [-0.1, -0.05) is 44.2 Å². The molecule has 3 unspecified atom stereocenters. The summed E-state index contributed by atoms with van der Waals surface area (Å²) in [5, 5.41) is 0. The maximum Gasteiger partial charge on any atom is 0.0142 e. The summed E-state index contributed by atoms with van der Waals surface area (Å²) in [7, 11) is 0. The Balaban J connectivity index is 1.73. The maximum atomic E-state index is 6.09. The van der Waals surface area contributed by atoms with Gasteiger partial charge in [-0.05, 0) is 61.6 Å². The van der Waals surface area contributed by atoms with Crippen molar-refractivity contribution < 1.29 is 0 Å². The molecule has 0 radical (unpaired) electrons. The van der Waals surface area contributed by atoms with Crippen LogP contribution in [0.4, 0.5) is 0 Å². The Bertz CT molecular complexity index is 454. The zero-order valence-electron chi connectivity index (χ0n) is 13.6. The van der Waals surface area contributed by atoms with Gasteiger partial charge in [0.2, 0.25) is 0 Å². The number of rotatable bonds is 3. The summed E-state index contributed by atoms with van der Waals surface area (Å²) in [6.45, 7) is 8.17. The van der Waals surface area contributed by atoms with Gasteiger partial charge in [0.1, 0.15) is 0 Å². The molecule has 1 aliphatic heterocycles. The normalized spacial score (nSPS) is 33.2. The molecule has 21 heavy (non-hydrogen) atoms. The number of benzene rings is 1. The van der Waals surface area contributed by atoms with Crippen LogP contribution in [0.3, 0.4) is 0 Å². The minimum atomic E-state index is 0.485. The second-order valence-corrected chi connectivity index (χ2v) is 7.87. The molecule has 2 aliphatic rings. The molecule has 1 aliphatic carbocycles. The van der Waals surface area contributed by atoms with E-state index in [0.717, 1.165) is 12.5 Å². The first kappa shape index (κ1) is 15.1. The molecule has 1 saturated carbocycles. The number of hydrogen-bond donors (Lipinski definition) is 1. The number of hydrogen-bond acceptors (Lipinski definition) is 2. The highest BCUT2D eigenvalue weighted by atomic mass is 15.2. The van der Waals surface area contributed by atoms with Crippen LogP contribution < -0.4 is 5.73 Å². The Morgan fingerprint density at radius 1 is 1.19 bits per heavy atom. The van der Waals surface area contributed by atoms with E-state index in [1.165, 1.54) is 44.3 Å². The average Bonchev–Trinajstić information content (AvgIpc) is 2.87. The van der Waals surface area contributed by atoms with Gasteiger partial charge in [-0.25, -0.2) is 0 Å². The SMILES string of the molecule is CC1(C)CCN(C2CC(c3ccccc3)CCC2CN)C1. The highest BCUT2D eigenvalue weighted by Crippen LogP contribution is 2.41. The fourth-order valence-corrected chi connectivity index (χ4v) is 4.40. The molecule has 2 nitrogen and oxygen atoms in total. The summed E-state index contributed by atoms with van der Waals surface area (Å²) in [5.41, 5.74) is 8.10. The Hall–Kier alpha value is -0.860. The standard InChI is InChI=1S/C19H30N2/c1-19(2)10-11-21(14-19)18-12-16(8-9-17(18)13-20)15-6-4-3-5-7-15/h3-7,16-18H,8-14,20H2,1-2H3. The molecular formula is C19H30N2. The molecule has 1 aromatic carbocycles. The van der Waals surface area contributed by atoms with Gasteiger partial charge in [0.05, 0.1) is 0 Å². The minimum absolute atomic E-state index is 0.485. The number of nitrogens with two attached hydrogens (primary N) is 1. The lowest BCUT2D eigenvalue weighted by molar-refractivity contribution is 0.111. The van der Waals surface area contributed by atoms with Crippen LogP contribution in [0.15, 0.2) is 30.3 Å². The number of likely N-dealkylation sites (tertiary alicyclic amines) is 1. The first-order valence-electron chi connectivity index (χ1n) is 8.58. The van der Waals surface area contributed by atoms with Gasteiger partial charge >= 0.3 is 0 Å². The molecule has 0 aromatic heterocycles. The number of nitrogens with zero attached hydrogens (tertiary/aromatic N) is 1. The average molecular weight is 286 g/mol. The third-order valence-corrected chi connectivity index (χ3v) is 5.71. The molecule has 3 rings (SSSR count). The summed E-state index contributed by atoms with van der Waals surface area (Å²) >= 11 is 0.